The number of nitrogens with one attached hydrogen (secondary N) is 2. The van der Waals surface area contributed by atoms with Gasteiger partial charge in [-0.25, -0.2) is 0 Å². The van der Waals surface area contributed by atoms with Crippen molar-refractivity contribution < 1.29 is 14.7 Å². The summed E-state index contributed by atoms with van der Waals surface area (Å²) in [5.74, 6) is -0.670. The Labute approximate surface area is 156 Å². The second-order valence-electron chi connectivity index (χ2n) is 5.53. The van der Waals surface area contributed by atoms with Crippen LogP contribution in [0.5, 0.6) is 0 Å². The molecule has 0 spiro atoms. The number of hydrogen-bond acceptors (Lipinski definition) is 4. The van der Waals surface area contributed by atoms with Crippen molar-refractivity contribution in [2.75, 3.05) is 18.4 Å². The van der Waals surface area contributed by atoms with Crippen molar-refractivity contribution in [1.29, 1.82) is 0 Å². The molecule has 2 rings (SSSR count). The van der Waals surface area contributed by atoms with Gasteiger partial charge < -0.3 is 15.7 Å². The number of halogens is 2. The van der Waals surface area contributed by atoms with E-state index < -0.39 is 6.10 Å². The Morgan fingerprint density at radius 1 is 1.12 bits per heavy atom. The van der Waals surface area contributed by atoms with Crippen molar-refractivity contribution in [1.82, 2.24) is 5.32 Å². The molecule has 0 heterocycles. The number of ketones is 1. The topological polar surface area (TPSA) is 78.4 Å². The zero-order valence-electron chi connectivity index (χ0n) is 13.6. The number of carbonyl (C=O) groups excluding carboxylic acids is 2. The minimum absolute atomic E-state index is 0.00719. The zero-order valence-corrected chi connectivity index (χ0v) is 15.1. The molecule has 0 aliphatic rings. The summed E-state index contributed by atoms with van der Waals surface area (Å²) in [6.45, 7) is 1.91. The summed E-state index contributed by atoms with van der Waals surface area (Å²) in [4.78, 5) is 24.8. The van der Waals surface area contributed by atoms with E-state index in [4.69, 9.17) is 23.2 Å². The van der Waals surface area contributed by atoms with E-state index in [1.807, 2.05) is 0 Å². The molecule has 0 bridgehead atoms. The second-order valence-corrected chi connectivity index (χ2v) is 6.37. The largest absolute Gasteiger partial charge is 0.392 e. The predicted molar refractivity (Wildman–Crippen MR) is 99.5 cm³/mol. The number of rotatable bonds is 7. The Bertz CT molecular complexity index is 779. The van der Waals surface area contributed by atoms with Crippen LogP contribution < -0.4 is 10.6 Å². The molecule has 0 aromatic heterocycles. The molecule has 1 atom stereocenters. The molecule has 1 unspecified atom stereocenters. The van der Waals surface area contributed by atoms with Crippen LogP contribution in [0.4, 0.5) is 5.69 Å². The van der Waals surface area contributed by atoms with Gasteiger partial charge in [-0.1, -0.05) is 35.3 Å². The number of benzene rings is 2. The first-order chi connectivity index (χ1) is 11.9. The van der Waals surface area contributed by atoms with Gasteiger partial charge in [0.2, 0.25) is 5.91 Å². The number of anilines is 1. The number of carbonyl (C=O) groups is 2. The van der Waals surface area contributed by atoms with Crippen LogP contribution in [0.15, 0.2) is 42.5 Å². The highest BCUT2D eigenvalue weighted by Gasteiger charge is 2.18. The monoisotopic (exact) mass is 380 g/mol. The van der Waals surface area contributed by atoms with Crippen molar-refractivity contribution in [2.24, 2.45) is 0 Å². The summed E-state index contributed by atoms with van der Waals surface area (Å²) in [6, 6.07) is 11.3. The van der Waals surface area contributed by atoms with Crippen LogP contribution in [0.1, 0.15) is 22.8 Å². The number of aliphatic hydroxyl groups excluding tert-OH is 1. The number of aliphatic hydroxyl groups is 1. The van der Waals surface area contributed by atoms with Crippen LogP contribution in [0.2, 0.25) is 10.0 Å². The highest BCUT2D eigenvalue weighted by atomic mass is 35.5. The molecule has 25 heavy (non-hydrogen) atoms. The predicted octanol–water partition coefficient (Wildman–Crippen LogP) is 3.13. The first-order valence-corrected chi connectivity index (χ1v) is 8.41. The molecule has 0 fully saturated rings. The van der Waals surface area contributed by atoms with E-state index >= 15 is 0 Å². The van der Waals surface area contributed by atoms with Crippen LogP contribution >= 0.6 is 23.2 Å². The van der Waals surface area contributed by atoms with Crippen LogP contribution in [-0.4, -0.2) is 36.0 Å². The van der Waals surface area contributed by atoms with Crippen LogP contribution in [-0.2, 0) is 4.79 Å². The van der Waals surface area contributed by atoms with E-state index in [-0.39, 0.29) is 23.8 Å². The van der Waals surface area contributed by atoms with E-state index in [9.17, 15) is 14.7 Å². The summed E-state index contributed by atoms with van der Waals surface area (Å²) in [5.41, 5.74) is 0.928. The van der Waals surface area contributed by atoms with Crippen molar-refractivity contribution >= 4 is 40.6 Å². The summed E-state index contributed by atoms with van der Waals surface area (Å²) in [6.07, 6.45) is -0.555. The van der Waals surface area contributed by atoms with Gasteiger partial charge in [-0.2, -0.15) is 0 Å². The van der Waals surface area contributed by atoms with Gasteiger partial charge in [-0.05, 0) is 37.3 Å². The van der Waals surface area contributed by atoms with Gasteiger partial charge in [0.25, 0.3) is 0 Å². The van der Waals surface area contributed by atoms with E-state index in [1.54, 1.807) is 43.3 Å². The maximum atomic E-state index is 12.8. The highest BCUT2D eigenvalue weighted by Crippen LogP contribution is 2.26. The lowest BCUT2D eigenvalue weighted by Crippen LogP contribution is -2.33. The Kier molecular flexibility index (Phi) is 6.96. The third kappa shape index (κ3) is 5.54. The minimum atomic E-state index is -0.555. The lowest BCUT2D eigenvalue weighted by atomic mass is 10.0. The van der Waals surface area contributed by atoms with Crippen LogP contribution in [0, 0.1) is 0 Å². The molecule has 2 aromatic carbocycles. The lowest BCUT2D eigenvalue weighted by Gasteiger charge is -2.12. The molecule has 5 nitrogen and oxygen atoms in total. The fraction of sp³-hybridized carbons (Fsp3) is 0.222. The summed E-state index contributed by atoms with van der Waals surface area (Å²) < 4.78 is 0. The smallest absolute Gasteiger partial charge is 0.238 e. The number of hydrogen-bond donors (Lipinski definition) is 3. The van der Waals surface area contributed by atoms with Gasteiger partial charge >= 0.3 is 0 Å². The van der Waals surface area contributed by atoms with Crippen molar-refractivity contribution in [3.05, 3.63) is 63.6 Å². The summed E-state index contributed by atoms with van der Waals surface area (Å²) in [7, 11) is 0. The molecule has 3 N–H and O–H groups in total. The van der Waals surface area contributed by atoms with E-state index in [2.05, 4.69) is 10.6 Å². The van der Waals surface area contributed by atoms with Gasteiger partial charge in [0.1, 0.15) is 0 Å². The quantitative estimate of drug-likeness (QED) is 0.644. The molecule has 0 aliphatic carbocycles. The second kappa shape index (κ2) is 8.97. The van der Waals surface area contributed by atoms with E-state index in [1.165, 1.54) is 6.07 Å². The van der Waals surface area contributed by atoms with Gasteiger partial charge in [0.05, 0.1) is 23.4 Å². The standard InChI is InChI=1S/C18H18Cl2N2O3/c1-11(23)9-21-10-17(24)22-16-7-6-12(19)8-14(16)18(25)13-4-2-3-5-15(13)20/h2-8,11,21,23H,9-10H2,1H3,(H,22,24). The van der Waals surface area contributed by atoms with Gasteiger partial charge in [-0.3, -0.25) is 9.59 Å². The van der Waals surface area contributed by atoms with E-state index in [0.717, 1.165) is 0 Å². The molecule has 132 valence electrons. The third-order valence-electron chi connectivity index (χ3n) is 3.34. The highest BCUT2D eigenvalue weighted by molar-refractivity contribution is 6.36. The maximum Gasteiger partial charge on any atom is 0.238 e. The summed E-state index contributed by atoms with van der Waals surface area (Å²) in [5, 5.41) is 15.4. The fourth-order valence-electron chi connectivity index (χ4n) is 2.19. The Morgan fingerprint density at radius 3 is 2.52 bits per heavy atom. The SMILES string of the molecule is CC(O)CNCC(=O)Nc1ccc(Cl)cc1C(=O)c1ccccc1Cl. The third-order valence-corrected chi connectivity index (χ3v) is 3.91. The van der Waals surface area contributed by atoms with Crippen LogP contribution in [0.3, 0.4) is 0 Å². The van der Waals surface area contributed by atoms with Gasteiger partial charge in [-0.15, -0.1) is 0 Å². The molecule has 0 saturated heterocycles. The number of amides is 1. The molecular weight excluding hydrogens is 363 g/mol. The van der Waals surface area contributed by atoms with Crippen LogP contribution in [0.25, 0.3) is 0 Å². The van der Waals surface area contributed by atoms with Crippen molar-refractivity contribution in [3.63, 3.8) is 0 Å². The summed E-state index contributed by atoms with van der Waals surface area (Å²) >= 11 is 12.1. The molecule has 1 amide bonds. The lowest BCUT2D eigenvalue weighted by molar-refractivity contribution is -0.115. The molecule has 0 saturated carbocycles. The molecule has 0 aliphatic heterocycles. The Morgan fingerprint density at radius 2 is 1.84 bits per heavy atom. The van der Waals surface area contributed by atoms with Crippen molar-refractivity contribution in [2.45, 2.75) is 13.0 Å². The normalized spacial score (nSPS) is 11.8. The first kappa shape index (κ1) is 19.4. The molecular formula is C18H18Cl2N2O3. The minimum Gasteiger partial charge on any atom is -0.392 e. The van der Waals surface area contributed by atoms with E-state index in [0.29, 0.717) is 27.8 Å². The molecule has 2 aromatic rings. The fourth-order valence-corrected chi connectivity index (χ4v) is 2.59. The first-order valence-electron chi connectivity index (χ1n) is 7.66. The van der Waals surface area contributed by atoms with Gasteiger partial charge in [0, 0.05) is 22.7 Å². The zero-order chi connectivity index (χ0) is 18.4. The van der Waals surface area contributed by atoms with Gasteiger partial charge in [0.15, 0.2) is 5.78 Å². The Hall–Kier alpha value is -1.92. The van der Waals surface area contributed by atoms with Crippen molar-refractivity contribution in [3.8, 4) is 0 Å². The Balaban J connectivity index is 2.21. The average Bonchev–Trinajstić information content (AvgIpc) is 2.56. The molecule has 0 radical (unpaired) electrons. The molecule has 7 heteroatoms. The maximum absolute atomic E-state index is 12.8. The average molecular weight is 381 g/mol.